The van der Waals surface area contributed by atoms with Crippen molar-refractivity contribution in [2.45, 2.75) is 91.3 Å². The number of ether oxygens (including phenoxy) is 2. The third kappa shape index (κ3) is 12.2. The van der Waals surface area contributed by atoms with Gasteiger partial charge >= 0.3 is 5.97 Å². The normalized spacial score (nSPS) is 14.1. The smallest absolute Gasteiger partial charge is 0.305 e. The van der Waals surface area contributed by atoms with Gasteiger partial charge in [0.1, 0.15) is 0 Å². The molecule has 0 radical (unpaired) electrons. The van der Waals surface area contributed by atoms with E-state index in [1.54, 1.807) is 0 Å². The van der Waals surface area contributed by atoms with Crippen molar-refractivity contribution in [2.24, 2.45) is 0 Å². The Morgan fingerprint density at radius 1 is 0.947 bits per heavy atom. The van der Waals surface area contributed by atoms with E-state index in [9.17, 15) is 4.79 Å². The summed E-state index contributed by atoms with van der Waals surface area (Å²) in [7, 11) is 0. The van der Waals surface area contributed by atoms with Gasteiger partial charge in [0.25, 0.3) is 0 Å². The van der Waals surface area contributed by atoms with Crippen LogP contribution in [-0.2, 0) is 14.3 Å². The topological polar surface area (TPSA) is 35.5 Å². The molecule has 0 aliphatic rings. The molecule has 0 fully saturated rings. The van der Waals surface area contributed by atoms with Crippen molar-refractivity contribution < 1.29 is 14.3 Å². The van der Waals surface area contributed by atoms with E-state index in [0.717, 1.165) is 25.7 Å². The summed E-state index contributed by atoms with van der Waals surface area (Å²) in [5, 5.41) is 0. The van der Waals surface area contributed by atoms with Gasteiger partial charge in [0.15, 0.2) is 0 Å². The van der Waals surface area contributed by atoms with Crippen LogP contribution in [0.25, 0.3) is 0 Å². The van der Waals surface area contributed by atoms with Crippen molar-refractivity contribution in [1.29, 1.82) is 0 Å². The number of rotatable bonds is 12. The van der Waals surface area contributed by atoms with Crippen molar-refractivity contribution in [2.75, 3.05) is 6.61 Å². The van der Waals surface area contributed by atoms with E-state index >= 15 is 0 Å². The van der Waals surface area contributed by atoms with Crippen molar-refractivity contribution >= 4 is 5.97 Å². The van der Waals surface area contributed by atoms with Gasteiger partial charge in [-0.1, -0.05) is 32.6 Å². The van der Waals surface area contributed by atoms with Crippen LogP contribution in [0.3, 0.4) is 0 Å². The Morgan fingerprint density at radius 3 is 2.21 bits per heavy atom. The van der Waals surface area contributed by atoms with Crippen molar-refractivity contribution in [1.82, 2.24) is 0 Å². The van der Waals surface area contributed by atoms with Gasteiger partial charge in [-0.15, -0.1) is 0 Å². The number of unbranched alkanes of at least 4 members (excludes halogenated alkanes) is 4. The number of carbonyl (C=O) groups is 1. The standard InChI is InChI=1S/C16H32O3/c1-5-14(3)19-15(4)12-10-8-7-9-11-13-16(17)18-6-2/h14-15H,5-13H2,1-4H3. The summed E-state index contributed by atoms with van der Waals surface area (Å²) in [6, 6.07) is 0. The highest BCUT2D eigenvalue weighted by Crippen LogP contribution is 2.12. The van der Waals surface area contributed by atoms with Gasteiger partial charge in [-0.25, -0.2) is 0 Å². The molecule has 0 amide bonds. The second-order valence-corrected chi connectivity index (χ2v) is 5.28. The van der Waals surface area contributed by atoms with Crippen LogP contribution < -0.4 is 0 Å². The van der Waals surface area contributed by atoms with Crippen molar-refractivity contribution in [3.05, 3.63) is 0 Å². The van der Waals surface area contributed by atoms with Crippen LogP contribution in [0.1, 0.15) is 79.1 Å². The number of hydrogen-bond donors (Lipinski definition) is 0. The Bertz CT molecular complexity index is 216. The molecule has 3 heteroatoms. The average Bonchev–Trinajstić information content (AvgIpc) is 2.37. The summed E-state index contributed by atoms with van der Waals surface area (Å²) in [4.78, 5) is 11.1. The number of carbonyl (C=O) groups excluding carboxylic acids is 1. The fraction of sp³-hybridized carbons (Fsp3) is 0.938. The molecule has 3 nitrogen and oxygen atoms in total. The summed E-state index contributed by atoms with van der Waals surface area (Å²) in [5.74, 6) is -0.0573. The first-order chi connectivity index (χ1) is 9.10. The van der Waals surface area contributed by atoms with Gasteiger partial charge in [0, 0.05) is 6.42 Å². The molecule has 19 heavy (non-hydrogen) atoms. The molecule has 114 valence electrons. The highest BCUT2D eigenvalue weighted by atomic mass is 16.5. The molecule has 0 saturated carbocycles. The van der Waals surface area contributed by atoms with Crippen molar-refractivity contribution in [3.63, 3.8) is 0 Å². The fourth-order valence-corrected chi connectivity index (χ4v) is 2.03. The third-order valence-electron chi connectivity index (χ3n) is 3.34. The molecule has 0 aromatic carbocycles. The number of esters is 1. The van der Waals surface area contributed by atoms with Crippen LogP contribution in [0, 0.1) is 0 Å². The average molecular weight is 272 g/mol. The van der Waals surface area contributed by atoms with Gasteiger partial charge in [0.05, 0.1) is 18.8 Å². The minimum atomic E-state index is -0.0573. The summed E-state index contributed by atoms with van der Waals surface area (Å²) in [6.07, 6.45) is 9.27. The van der Waals surface area contributed by atoms with E-state index in [-0.39, 0.29) is 5.97 Å². The molecule has 0 aromatic rings. The SMILES string of the molecule is CCOC(=O)CCCCCCCC(C)OC(C)CC. The largest absolute Gasteiger partial charge is 0.466 e. The van der Waals surface area contributed by atoms with Gasteiger partial charge in [0.2, 0.25) is 0 Å². The van der Waals surface area contributed by atoms with E-state index in [1.807, 2.05) is 6.92 Å². The molecular weight excluding hydrogens is 240 g/mol. The van der Waals surface area contributed by atoms with Crippen LogP contribution in [-0.4, -0.2) is 24.8 Å². The molecule has 0 rings (SSSR count). The highest BCUT2D eigenvalue weighted by molar-refractivity contribution is 5.69. The zero-order valence-corrected chi connectivity index (χ0v) is 13.2. The molecular formula is C16H32O3. The molecule has 0 bridgehead atoms. The zero-order chi connectivity index (χ0) is 14.5. The summed E-state index contributed by atoms with van der Waals surface area (Å²) >= 11 is 0. The van der Waals surface area contributed by atoms with Crippen LogP contribution in [0.5, 0.6) is 0 Å². The van der Waals surface area contributed by atoms with E-state index in [0.29, 0.717) is 25.2 Å². The Hall–Kier alpha value is -0.570. The van der Waals surface area contributed by atoms with Crippen LogP contribution in [0.15, 0.2) is 0 Å². The minimum Gasteiger partial charge on any atom is -0.466 e. The lowest BCUT2D eigenvalue weighted by Crippen LogP contribution is -2.16. The quantitative estimate of drug-likeness (QED) is 0.388. The Labute approximate surface area is 119 Å². The Balaban J connectivity index is 3.29. The first-order valence-electron chi connectivity index (χ1n) is 7.91. The van der Waals surface area contributed by atoms with Gasteiger partial charge in [-0.2, -0.15) is 0 Å². The van der Waals surface area contributed by atoms with Crippen LogP contribution in [0.4, 0.5) is 0 Å². The van der Waals surface area contributed by atoms with E-state index < -0.39 is 0 Å². The predicted molar refractivity (Wildman–Crippen MR) is 79.3 cm³/mol. The molecule has 0 heterocycles. The molecule has 2 unspecified atom stereocenters. The van der Waals surface area contributed by atoms with E-state index in [1.165, 1.54) is 19.3 Å². The van der Waals surface area contributed by atoms with Crippen LogP contribution in [0.2, 0.25) is 0 Å². The maximum absolute atomic E-state index is 11.1. The molecule has 0 aliphatic carbocycles. The second kappa shape index (κ2) is 12.5. The molecule has 2 atom stereocenters. The number of hydrogen-bond acceptors (Lipinski definition) is 3. The monoisotopic (exact) mass is 272 g/mol. The van der Waals surface area contributed by atoms with Gasteiger partial charge < -0.3 is 9.47 Å². The molecule has 0 aliphatic heterocycles. The summed E-state index contributed by atoms with van der Waals surface area (Å²) in [5.41, 5.74) is 0. The third-order valence-corrected chi connectivity index (χ3v) is 3.34. The first-order valence-corrected chi connectivity index (χ1v) is 7.91. The lowest BCUT2D eigenvalue weighted by atomic mass is 10.1. The second-order valence-electron chi connectivity index (χ2n) is 5.28. The summed E-state index contributed by atoms with van der Waals surface area (Å²) in [6.45, 7) is 8.78. The predicted octanol–water partition coefficient (Wildman–Crippen LogP) is 4.48. The maximum atomic E-state index is 11.1. The zero-order valence-electron chi connectivity index (χ0n) is 13.2. The van der Waals surface area contributed by atoms with Gasteiger partial charge in [-0.05, 0) is 40.0 Å². The Kier molecular flexibility index (Phi) is 12.1. The maximum Gasteiger partial charge on any atom is 0.305 e. The minimum absolute atomic E-state index is 0.0573. The molecule has 0 spiro atoms. The highest BCUT2D eigenvalue weighted by Gasteiger charge is 2.06. The molecule has 0 N–H and O–H groups in total. The van der Waals surface area contributed by atoms with Crippen LogP contribution >= 0.6 is 0 Å². The van der Waals surface area contributed by atoms with E-state index in [4.69, 9.17) is 9.47 Å². The van der Waals surface area contributed by atoms with Crippen molar-refractivity contribution in [3.8, 4) is 0 Å². The lowest BCUT2D eigenvalue weighted by molar-refractivity contribution is -0.143. The van der Waals surface area contributed by atoms with E-state index in [2.05, 4.69) is 20.8 Å². The fourth-order valence-electron chi connectivity index (χ4n) is 2.03. The Morgan fingerprint density at radius 2 is 1.58 bits per heavy atom. The summed E-state index contributed by atoms with van der Waals surface area (Å²) < 4.78 is 10.7. The first kappa shape index (κ1) is 18.4. The lowest BCUT2D eigenvalue weighted by Gasteiger charge is -2.17. The molecule has 0 saturated heterocycles. The van der Waals surface area contributed by atoms with Gasteiger partial charge in [-0.3, -0.25) is 4.79 Å². The molecule has 0 aromatic heterocycles.